The zero-order valence-electron chi connectivity index (χ0n) is 13.3. The number of hydrogen-bond donors (Lipinski definition) is 2. The molecular weight excluding hydrogens is 299 g/mol. The second kappa shape index (κ2) is 8.06. The van der Waals surface area contributed by atoms with Crippen LogP contribution in [0.25, 0.3) is 0 Å². The second-order valence-corrected chi connectivity index (χ2v) is 6.19. The largest absolute Gasteiger partial charge is 0.479 e. The number of benzene rings is 1. The maximum Gasteiger partial charge on any atom is 0.330 e. The van der Waals surface area contributed by atoms with Crippen molar-refractivity contribution in [2.75, 3.05) is 19.6 Å². The molecule has 2 atom stereocenters. The Kier molecular flexibility index (Phi) is 6.10. The van der Waals surface area contributed by atoms with E-state index in [2.05, 4.69) is 17.1 Å². The Morgan fingerprint density at radius 2 is 2.09 bits per heavy atom. The predicted molar refractivity (Wildman–Crippen MR) is 84.4 cm³/mol. The molecule has 126 valence electrons. The fourth-order valence-electron chi connectivity index (χ4n) is 2.93. The van der Waals surface area contributed by atoms with Crippen molar-refractivity contribution in [3.8, 4) is 0 Å². The van der Waals surface area contributed by atoms with Crippen molar-refractivity contribution >= 4 is 11.9 Å². The molecule has 2 N–H and O–H groups in total. The number of carbonyl (C=O) groups excluding carboxylic acids is 1. The van der Waals surface area contributed by atoms with Gasteiger partial charge in [-0.1, -0.05) is 19.1 Å². The van der Waals surface area contributed by atoms with E-state index in [9.17, 15) is 19.1 Å². The van der Waals surface area contributed by atoms with Crippen LogP contribution in [0.15, 0.2) is 24.3 Å². The minimum atomic E-state index is -1.16. The first-order chi connectivity index (χ1) is 11.0. The van der Waals surface area contributed by atoms with Crippen LogP contribution in [0, 0.1) is 11.7 Å². The molecule has 1 amide bonds. The maximum absolute atomic E-state index is 12.9. The lowest BCUT2D eigenvalue weighted by Crippen LogP contribution is -2.39. The second-order valence-electron chi connectivity index (χ2n) is 6.19. The molecule has 0 spiro atoms. The number of piperidine rings is 1. The maximum atomic E-state index is 12.9. The smallest absolute Gasteiger partial charge is 0.330 e. The predicted octanol–water partition coefficient (Wildman–Crippen LogP) is 2.19. The van der Waals surface area contributed by atoms with E-state index in [0.717, 1.165) is 19.5 Å². The highest BCUT2D eigenvalue weighted by Gasteiger charge is 2.23. The number of hydrogen-bond acceptors (Lipinski definition) is 3. The number of aliphatic carboxylic acids is 1. The van der Waals surface area contributed by atoms with Gasteiger partial charge in [-0.25, -0.2) is 9.18 Å². The fraction of sp³-hybridized carbons (Fsp3) is 0.529. The Morgan fingerprint density at radius 3 is 2.70 bits per heavy atom. The van der Waals surface area contributed by atoms with Gasteiger partial charge < -0.3 is 15.3 Å². The molecule has 1 heterocycles. The lowest BCUT2D eigenvalue weighted by Gasteiger charge is -2.30. The number of rotatable bonds is 6. The average molecular weight is 322 g/mol. The van der Waals surface area contributed by atoms with E-state index in [0.29, 0.717) is 18.0 Å². The molecule has 1 fully saturated rings. The van der Waals surface area contributed by atoms with Gasteiger partial charge in [0.05, 0.1) is 0 Å². The Balaban J connectivity index is 1.88. The zero-order valence-corrected chi connectivity index (χ0v) is 13.3. The van der Waals surface area contributed by atoms with Crippen LogP contribution < -0.4 is 5.32 Å². The summed E-state index contributed by atoms with van der Waals surface area (Å²) in [6.07, 6.45) is 2.61. The van der Waals surface area contributed by atoms with Gasteiger partial charge in [0.15, 0.2) is 6.04 Å². The van der Waals surface area contributed by atoms with E-state index < -0.39 is 17.8 Å². The van der Waals surface area contributed by atoms with Gasteiger partial charge in [-0.3, -0.25) is 4.79 Å². The molecule has 0 aromatic heterocycles. The number of carboxylic acids is 1. The van der Waals surface area contributed by atoms with Crippen LogP contribution in [0.5, 0.6) is 0 Å². The topological polar surface area (TPSA) is 69.6 Å². The quantitative estimate of drug-likeness (QED) is 0.842. The van der Waals surface area contributed by atoms with Gasteiger partial charge in [0.1, 0.15) is 5.82 Å². The summed E-state index contributed by atoms with van der Waals surface area (Å²) in [5.41, 5.74) is 0.360. The van der Waals surface area contributed by atoms with Gasteiger partial charge in [0.2, 0.25) is 5.91 Å². The number of carboxylic acid groups (broad SMARTS) is 1. The first-order valence-corrected chi connectivity index (χ1v) is 7.95. The molecule has 1 saturated heterocycles. The first-order valence-electron chi connectivity index (χ1n) is 7.95. The highest BCUT2D eigenvalue weighted by atomic mass is 19.1. The third kappa shape index (κ3) is 5.32. The third-order valence-corrected chi connectivity index (χ3v) is 4.15. The average Bonchev–Trinajstić information content (AvgIpc) is 2.51. The molecule has 23 heavy (non-hydrogen) atoms. The minimum absolute atomic E-state index is 0.262. The highest BCUT2D eigenvalue weighted by Crippen LogP contribution is 2.16. The lowest BCUT2D eigenvalue weighted by molar-refractivity contribution is -0.142. The number of nitrogens with one attached hydrogen (secondary N) is 1. The Hall–Kier alpha value is -1.95. The van der Waals surface area contributed by atoms with Crippen molar-refractivity contribution < 1.29 is 19.1 Å². The summed E-state index contributed by atoms with van der Waals surface area (Å²) in [5.74, 6) is -1.27. The summed E-state index contributed by atoms with van der Waals surface area (Å²) in [6, 6.07) is 3.98. The number of nitrogens with zero attached hydrogens (tertiary/aromatic N) is 1. The molecule has 0 saturated carbocycles. The van der Waals surface area contributed by atoms with Gasteiger partial charge in [0, 0.05) is 19.5 Å². The van der Waals surface area contributed by atoms with E-state index in [-0.39, 0.29) is 12.3 Å². The molecule has 1 aromatic rings. The molecule has 6 heteroatoms. The van der Waals surface area contributed by atoms with Crippen LogP contribution in [0.2, 0.25) is 0 Å². The number of amides is 1. The number of carbonyl (C=O) groups is 2. The van der Waals surface area contributed by atoms with Gasteiger partial charge in [-0.05, 0) is 43.0 Å². The molecule has 0 bridgehead atoms. The van der Waals surface area contributed by atoms with Crippen molar-refractivity contribution in [3.63, 3.8) is 0 Å². The van der Waals surface area contributed by atoms with Gasteiger partial charge in [-0.2, -0.15) is 0 Å². The molecule has 2 unspecified atom stereocenters. The first kappa shape index (κ1) is 17.4. The van der Waals surface area contributed by atoms with Gasteiger partial charge >= 0.3 is 5.97 Å². The third-order valence-electron chi connectivity index (χ3n) is 4.15. The number of halogens is 1. The van der Waals surface area contributed by atoms with Crippen LogP contribution in [-0.2, 0) is 9.59 Å². The molecule has 1 aliphatic rings. The number of likely N-dealkylation sites (tertiary alicyclic amines) is 1. The SMILES string of the molecule is CC1CCCN(CCC(=O)NC(C(=O)O)c2ccc(F)cc2)C1. The van der Waals surface area contributed by atoms with Crippen LogP contribution in [0.3, 0.4) is 0 Å². The normalized spacial score (nSPS) is 20.0. The van der Waals surface area contributed by atoms with E-state index in [1.807, 2.05) is 0 Å². The van der Waals surface area contributed by atoms with Gasteiger partial charge in [-0.15, -0.1) is 0 Å². The van der Waals surface area contributed by atoms with Crippen LogP contribution in [-0.4, -0.2) is 41.5 Å². The Morgan fingerprint density at radius 1 is 1.39 bits per heavy atom. The minimum Gasteiger partial charge on any atom is -0.479 e. The van der Waals surface area contributed by atoms with Crippen LogP contribution >= 0.6 is 0 Å². The summed E-state index contributed by atoms with van der Waals surface area (Å²) in [5, 5.41) is 11.8. The zero-order chi connectivity index (χ0) is 16.8. The van der Waals surface area contributed by atoms with E-state index in [1.54, 1.807) is 0 Å². The highest BCUT2D eigenvalue weighted by molar-refractivity contribution is 5.84. The fourth-order valence-corrected chi connectivity index (χ4v) is 2.93. The van der Waals surface area contributed by atoms with Crippen molar-refractivity contribution in [1.29, 1.82) is 0 Å². The Labute approximate surface area is 135 Å². The van der Waals surface area contributed by atoms with Crippen molar-refractivity contribution in [2.45, 2.75) is 32.2 Å². The van der Waals surface area contributed by atoms with Crippen molar-refractivity contribution in [2.24, 2.45) is 5.92 Å². The van der Waals surface area contributed by atoms with Crippen molar-refractivity contribution in [3.05, 3.63) is 35.6 Å². The summed E-state index contributed by atoms with van der Waals surface area (Å²) < 4.78 is 12.9. The molecule has 0 radical (unpaired) electrons. The molecule has 1 aliphatic heterocycles. The monoisotopic (exact) mass is 322 g/mol. The molecule has 0 aliphatic carbocycles. The summed E-state index contributed by atoms with van der Waals surface area (Å²) in [4.78, 5) is 25.6. The molecule has 2 rings (SSSR count). The summed E-state index contributed by atoms with van der Waals surface area (Å²) >= 11 is 0. The molecule has 1 aromatic carbocycles. The van der Waals surface area contributed by atoms with E-state index in [4.69, 9.17) is 0 Å². The van der Waals surface area contributed by atoms with Crippen LogP contribution in [0.1, 0.15) is 37.8 Å². The standard InChI is InChI=1S/C17H23FN2O3/c1-12-3-2-9-20(11-12)10-8-15(21)19-16(17(22)23)13-4-6-14(18)7-5-13/h4-7,12,16H,2-3,8-11H2,1H3,(H,19,21)(H,22,23). The summed E-state index contributed by atoms with van der Waals surface area (Å²) in [6.45, 7) is 4.79. The molecule has 5 nitrogen and oxygen atoms in total. The lowest BCUT2D eigenvalue weighted by atomic mass is 10.0. The molecular formula is C17H23FN2O3. The van der Waals surface area contributed by atoms with Gasteiger partial charge in [0.25, 0.3) is 0 Å². The van der Waals surface area contributed by atoms with Crippen molar-refractivity contribution in [1.82, 2.24) is 10.2 Å². The van der Waals surface area contributed by atoms with E-state index in [1.165, 1.54) is 30.7 Å². The Bertz CT molecular complexity index is 547. The van der Waals surface area contributed by atoms with Crippen LogP contribution in [0.4, 0.5) is 4.39 Å². The summed E-state index contributed by atoms with van der Waals surface area (Å²) in [7, 11) is 0. The van der Waals surface area contributed by atoms with E-state index >= 15 is 0 Å².